The molecule has 1 aliphatic rings. The molecule has 1 aromatic carbocycles. The van der Waals surface area contributed by atoms with E-state index >= 15 is 0 Å². The van der Waals surface area contributed by atoms with Crippen molar-refractivity contribution >= 4 is 29.9 Å². The van der Waals surface area contributed by atoms with E-state index in [1.165, 1.54) is 43.2 Å². The second kappa shape index (κ2) is 9.92. The van der Waals surface area contributed by atoms with Gasteiger partial charge in [-0.2, -0.15) is 0 Å². The summed E-state index contributed by atoms with van der Waals surface area (Å²) in [4.78, 5) is 4.33. The third kappa shape index (κ3) is 6.02. The maximum atomic E-state index is 5.32. The summed E-state index contributed by atoms with van der Waals surface area (Å²) in [6.45, 7) is 2.84. The molecule has 1 saturated carbocycles. The molecule has 0 unspecified atom stereocenters. The van der Waals surface area contributed by atoms with E-state index in [0.29, 0.717) is 6.04 Å². The largest absolute Gasteiger partial charge is 0.497 e. The van der Waals surface area contributed by atoms with Crippen molar-refractivity contribution in [2.24, 2.45) is 4.99 Å². The van der Waals surface area contributed by atoms with Gasteiger partial charge in [-0.25, -0.2) is 0 Å². The first-order chi connectivity index (χ1) is 10.2. The Balaban J connectivity index is 0.00000242. The maximum absolute atomic E-state index is 5.32. The molecule has 0 aliphatic heterocycles. The summed E-state index contributed by atoms with van der Waals surface area (Å²) >= 11 is 0. The van der Waals surface area contributed by atoms with Crippen LogP contribution in [0.5, 0.6) is 5.75 Å². The fraction of sp³-hybridized carbons (Fsp3) is 0.588. The van der Waals surface area contributed by atoms with Crippen LogP contribution in [-0.2, 0) is 6.54 Å². The summed E-state index contributed by atoms with van der Waals surface area (Å²) < 4.78 is 5.32. The number of benzene rings is 1. The van der Waals surface area contributed by atoms with Gasteiger partial charge in [0, 0.05) is 19.6 Å². The maximum Gasteiger partial charge on any atom is 0.191 e. The van der Waals surface area contributed by atoms with Gasteiger partial charge < -0.3 is 15.4 Å². The van der Waals surface area contributed by atoms with Crippen molar-refractivity contribution in [1.82, 2.24) is 10.6 Å². The van der Waals surface area contributed by atoms with Crippen molar-refractivity contribution < 1.29 is 4.74 Å². The summed E-state index contributed by atoms with van der Waals surface area (Å²) in [7, 11) is 3.53. The zero-order valence-corrected chi connectivity index (χ0v) is 16.1. The molecule has 0 bridgehead atoms. The summed E-state index contributed by atoms with van der Waals surface area (Å²) in [6.07, 6.45) is 6.51. The van der Waals surface area contributed by atoms with Gasteiger partial charge in [0.2, 0.25) is 0 Å². The lowest BCUT2D eigenvalue weighted by Crippen LogP contribution is -2.43. The molecule has 2 N–H and O–H groups in total. The van der Waals surface area contributed by atoms with Crippen LogP contribution in [0.3, 0.4) is 0 Å². The molecule has 1 fully saturated rings. The zero-order valence-electron chi connectivity index (χ0n) is 13.8. The van der Waals surface area contributed by atoms with Gasteiger partial charge in [-0.3, -0.25) is 4.99 Å². The Labute approximate surface area is 151 Å². The van der Waals surface area contributed by atoms with E-state index in [0.717, 1.165) is 18.3 Å². The number of nitrogens with one attached hydrogen (secondary N) is 2. The first-order valence-electron chi connectivity index (χ1n) is 7.83. The summed E-state index contributed by atoms with van der Waals surface area (Å²) in [5.41, 5.74) is 2.42. The smallest absolute Gasteiger partial charge is 0.191 e. The van der Waals surface area contributed by atoms with Crippen molar-refractivity contribution in [1.29, 1.82) is 0 Å². The second-order valence-corrected chi connectivity index (χ2v) is 5.76. The van der Waals surface area contributed by atoms with Crippen LogP contribution in [0.1, 0.15) is 43.2 Å². The van der Waals surface area contributed by atoms with E-state index < -0.39 is 0 Å². The van der Waals surface area contributed by atoms with E-state index in [1.54, 1.807) is 7.11 Å². The Morgan fingerprint density at radius 3 is 2.59 bits per heavy atom. The van der Waals surface area contributed by atoms with Crippen LogP contribution in [0.25, 0.3) is 0 Å². The van der Waals surface area contributed by atoms with Crippen LogP contribution >= 0.6 is 24.0 Å². The summed E-state index contributed by atoms with van der Waals surface area (Å²) in [5, 5.41) is 6.92. The van der Waals surface area contributed by atoms with E-state index in [9.17, 15) is 0 Å². The van der Waals surface area contributed by atoms with Crippen LogP contribution in [-0.4, -0.2) is 26.2 Å². The Bertz CT molecular complexity index is 485. The zero-order chi connectivity index (χ0) is 15.1. The van der Waals surface area contributed by atoms with Crippen molar-refractivity contribution in [2.75, 3.05) is 14.2 Å². The quantitative estimate of drug-likeness (QED) is 0.447. The number of aryl methyl sites for hydroxylation is 1. The fourth-order valence-corrected chi connectivity index (χ4v) is 2.87. The molecular formula is C17H28IN3O. The number of methoxy groups -OCH3 is 1. The number of rotatable bonds is 4. The summed E-state index contributed by atoms with van der Waals surface area (Å²) in [5.74, 6) is 1.80. The lowest BCUT2D eigenvalue weighted by molar-refractivity contribution is 0.409. The molecule has 0 aromatic heterocycles. The second-order valence-electron chi connectivity index (χ2n) is 5.76. The third-order valence-corrected chi connectivity index (χ3v) is 3.98. The molecule has 0 radical (unpaired) electrons. The molecule has 0 amide bonds. The standard InChI is InChI=1S/C17H27N3O.HI/c1-13-9-14(11-16(10-13)21-3)12-19-17(18-2)20-15-7-5-4-6-8-15;/h9-11,15H,4-8,12H2,1-3H3,(H2,18,19,20);1H. The number of halogens is 1. The molecule has 0 atom stereocenters. The number of hydrogen-bond acceptors (Lipinski definition) is 2. The molecule has 1 aromatic rings. The molecule has 0 saturated heterocycles. The average Bonchev–Trinajstić information content (AvgIpc) is 2.51. The minimum absolute atomic E-state index is 0. The number of guanidine groups is 1. The predicted molar refractivity (Wildman–Crippen MR) is 103 cm³/mol. The molecule has 2 rings (SSSR count). The number of aliphatic imine (C=N–C) groups is 1. The van der Waals surface area contributed by atoms with Crippen molar-refractivity contribution in [3.05, 3.63) is 29.3 Å². The summed E-state index contributed by atoms with van der Waals surface area (Å²) in [6, 6.07) is 6.84. The van der Waals surface area contributed by atoms with E-state index in [-0.39, 0.29) is 24.0 Å². The van der Waals surface area contributed by atoms with Gasteiger partial charge >= 0.3 is 0 Å². The molecule has 4 nitrogen and oxygen atoms in total. The molecule has 5 heteroatoms. The first-order valence-corrected chi connectivity index (χ1v) is 7.83. The Morgan fingerprint density at radius 1 is 1.23 bits per heavy atom. The Hall–Kier alpha value is -0.980. The van der Waals surface area contributed by atoms with Crippen LogP contribution in [0, 0.1) is 6.92 Å². The molecular weight excluding hydrogens is 389 g/mol. The number of ether oxygens (including phenoxy) is 1. The lowest BCUT2D eigenvalue weighted by Gasteiger charge is -2.25. The van der Waals surface area contributed by atoms with E-state index in [4.69, 9.17) is 4.74 Å². The van der Waals surface area contributed by atoms with Gasteiger partial charge in [0.25, 0.3) is 0 Å². The van der Waals surface area contributed by atoms with Crippen molar-refractivity contribution in [2.45, 2.75) is 51.6 Å². The first kappa shape index (κ1) is 19.1. The van der Waals surface area contributed by atoms with Crippen molar-refractivity contribution in [3.8, 4) is 5.75 Å². The van der Waals surface area contributed by atoms with E-state index in [2.05, 4.69) is 34.7 Å². The monoisotopic (exact) mass is 417 g/mol. The third-order valence-electron chi connectivity index (χ3n) is 3.98. The van der Waals surface area contributed by atoms with Gasteiger partial charge in [0.1, 0.15) is 5.75 Å². The van der Waals surface area contributed by atoms with Gasteiger partial charge in [-0.1, -0.05) is 25.3 Å². The molecule has 0 spiro atoms. The van der Waals surface area contributed by atoms with Crippen LogP contribution in [0.15, 0.2) is 23.2 Å². The Morgan fingerprint density at radius 2 is 1.95 bits per heavy atom. The average molecular weight is 417 g/mol. The van der Waals surface area contributed by atoms with Gasteiger partial charge in [-0.15, -0.1) is 24.0 Å². The lowest BCUT2D eigenvalue weighted by atomic mass is 9.96. The van der Waals surface area contributed by atoms with Gasteiger partial charge in [-0.05, 0) is 43.0 Å². The van der Waals surface area contributed by atoms with Gasteiger partial charge in [0.15, 0.2) is 5.96 Å². The SMILES string of the molecule is CN=C(NCc1cc(C)cc(OC)c1)NC1CCCCC1.I. The molecule has 22 heavy (non-hydrogen) atoms. The van der Waals surface area contributed by atoms with Crippen molar-refractivity contribution in [3.63, 3.8) is 0 Å². The molecule has 1 aliphatic carbocycles. The normalized spacial score (nSPS) is 15.9. The number of hydrogen-bond donors (Lipinski definition) is 2. The van der Waals surface area contributed by atoms with Crippen LogP contribution in [0.4, 0.5) is 0 Å². The fourth-order valence-electron chi connectivity index (χ4n) is 2.87. The van der Waals surface area contributed by atoms with Gasteiger partial charge in [0.05, 0.1) is 7.11 Å². The van der Waals surface area contributed by atoms with Crippen LogP contribution < -0.4 is 15.4 Å². The highest BCUT2D eigenvalue weighted by Crippen LogP contribution is 2.18. The minimum Gasteiger partial charge on any atom is -0.497 e. The molecule has 124 valence electrons. The predicted octanol–water partition coefficient (Wildman–Crippen LogP) is 3.62. The molecule has 0 heterocycles. The Kier molecular flexibility index (Phi) is 8.60. The van der Waals surface area contributed by atoms with Crippen LogP contribution in [0.2, 0.25) is 0 Å². The highest BCUT2D eigenvalue weighted by Gasteiger charge is 2.14. The van der Waals surface area contributed by atoms with E-state index in [1.807, 2.05) is 13.1 Å². The topological polar surface area (TPSA) is 45.7 Å². The minimum atomic E-state index is 0. The highest BCUT2D eigenvalue weighted by atomic mass is 127. The highest BCUT2D eigenvalue weighted by molar-refractivity contribution is 14.0. The number of nitrogens with zero attached hydrogens (tertiary/aromatic N) is 1.